The molecule has 0 fully saturated rings. The van der Waals surface area contributed by atoms with E-state index in [0.29, 0.717) is 0 Å². The molecule has 1 aliphatic carbocycles. The Bertz CT molecular complexity index is 449. The second kappa shape index (κ2) is 4.61. The number of amides is 2. The molecule has 2 rings (SSSR count). The summed E-state index contributed by atoms with van der Waals surface area (Å²) in [6.45, 7) is 0. The maximum Gasteiger partial charge on any atom is 0.332 e. The van der Waals surface area contributed by atoms with Gasteiger partial charge in [-0.1, -0.05) is 30.3 Å². The molecule has 0 spiro atoms. The second-order valence-electron chi connectivity index (χ2n) is 3.61. The van der Waals surface area contributed by atoms with E-state index < -0.39 is 6.03 Å². The number of carbonyl (C=O) groups is 1. The Morgan fingerprint density at radius 1 is 1.25 bits per heavy atom. The van der Waals surface area contributed by atoms with Crippen molar-refractivity contribution in [3.63, 3.8) is 0 Å². The SMILES string of the molecule is NC(=O)N/N=C1/C=C(c2ccccc2)CC1. The number of hydrogen-bond acceptors (Lipinski definition) is 2. The number of nitrogens with one attached hydrogen (secondary N) is 1. The van der Waals surface area contributed by atoms with Crippen molar-refractivity contribution in [3.05, 3.63) is 42.0 Å². The van der Waals surface area contributed by atoms with Gasteiger partial charge in [-0.05, 0) is 30.1 Å². The Balaban J connectivity index is 2.12. The Morgan fingerprint density at radius 2 is 2.00 bits per heavy atom. The monoisotopic (exact) mass is 215 g/mol. The number of urea groups is 1. The quantitative estimate of drug-likeness (QED) is 0.727. The zero-order chi connectivity index (χ0) is 11.4. The molecule has 0 aromatic heterocycles. The van der Waals surface area contributed by atoms with Gasteiger partial charge in [0.05, 0.1) is 5.71 Å². The highest BCUT2D eigenvalue weighted by molar-refractivity contribution is 6.05. The van der Waals surface area contributed by atoms with E-state index in [2.05, 4.69) is 22.7 Å². The Kier molecular flexibility index (Phi) is 3.00. The van der Waals surface area contributed by atoms with Crippen molar-refractivity contribution >= 4 is 17.3 Å². The molecule has 3 N–H and O–H groups in total. The van der Waals surface area contributed by atoms with Gasteiger partial charge in [0.15, 0.2) is 0 Å². The van der Waals surface area contributed by atoms with Gasteiger partial charge in [-0.25, -0.2) is 10.2 Å². The lowest BCUT2D eigenvalue weighted by atomic mass is 10.1. The molecule has 0 bridgehead atoms. The molecule has 0 unspecified atom stereocenters. The highest BCUT2D eigenvalue weighted by Crippen LogP contribution is 2.25. The number of rotatable bonds is 2. The normalized spacial score (nSPS) is 17.2. The maximum atomic E-state index is 10.5. The molecule has 1 aromatic carbocycles. The van der Waals surface area contributed by atoms with Gasteiger partial charge in [0, 0.05) is 0 Å². The fraction of sp³-hybridized carbons (Fsp3) is 0.167. The molecule has 1 aromatic rings. The molecule has 0 aliphatic heterocycles. The third-order valence-electron chi connectivity index (χ3n) is 2.45. The largest absolute Gasteiger partial charge is 0.350 e. The molecule has 0 atom stereocenters. The highest BCUT2D eigenvalue weighted by atomic mass is 16.2. The molecule has 0 heterocycles. The molecule has 4 heteroatoms. The summed E-state index contributed by atoms with van der Waals surface area (Å²) in [7, 11) is 0. The first-order valence-corrected chi connectivity index (χ1v) is 5.14. The van der Waals surface area contributed by atoms with Gasteiger partial charge in [0.2, 0.25) is 0 Å². The van der Waals surface area contributed by atoms with Crippen molar-refractivity contribution in [2.75, 3.05) is 0 Å². The third kappa shape index (κ3) is 2.48. The lowest BCUT2D eigenvalue weighted by Crippen LogP contribution is -2.25. The van der Waals surface area contributed by atoms with Crippen LogP contribution < -0.4 is 11.2 Å². The average Bonchev–Trinajstić information content (AvgIpc) is 2.76. The van der Waals surface area contributed by atoms with Crippen molar-refractivity contribution in [1.29, 1.82) is 0 Å². The number of allylic oxidation sites excluding steroid dienone is 2. The van der Waals surface area contributed by atoms with Crippen LogP contribution in [0.4, 0.5) is 4.79 Å². The molecule has 2 amide bonds. The zero-order valence-electron chi connectivity index (χ0n) is 8.81. The van der Waals surface area contributed by atoms with Gasteiger partial charge in [-0.15, -0.1) is 0 Å². The summed E-state index contributed by atoms with van der Waals surface area (Å²) in [4.78, 5) is 10.5. The van der Waals surface area contributed by atoms with E-state index in [-0.39, 0.29) is 0 Å². The molecule has 0 saturated heterocycles. The topological polar surface area (TPSA) is 67.5 Å². The molecule has 0 radical (unpaired) electrons. The highest BCUT2D eigenvalue weighted by Gasteiger charge is 2.12. The first-order valence-electron chi connectivity index (χ1n) is 5.14. The fourth-order valence-electron chi connectivity index (χ4n) is 1.70. The van der Waals surface area contributed by atoms with Crippen LogP contribution in [0.15, 0.2) is 41.5 Å². The predicted molar refractivity (Wildman–Crippen MR) is 63.8 cm³/mol. The Morgan fingerprint density at radius 3 is 2.69 bits per heavy atom. The number of hydrogen-bond donors (Lipinski definition) is 2. The zero-order valence-corrected chi connectivity index (χ0v) is 8.81. The number of carbonyl (C=O) groups excluding carboxylic acids is 1. The van der Waals surface area contributed by atoms with Crippen molar-refractivity contribution in [2.24, 2.45) is 10.8 Å². The Hall–Kier alpha value is -2.10. The lowest BCUT2D eigenvalue weighted by Gasteiger charge is -1.98. The number of nitrogens with two attached hydrogens (primary N) is 1. The van der Waals surface area contributed by atoms with Gasteiger partial charge in [0.25, 0.3) is 0 Å². The molecule has 82 valence electrons. The summed E-state index contributed by atoms with van der Waals surface area (Å²) < 4.78 is 0. The summed E-state index contributed by atoms with van der Waals surface area (Å²) in [5.74, 6) is 0. The Labute approximate surface area is 93.8 Å². The van der Waals surface area contributed by atoms with Gasteiger partial charge in [-0.3, -0.25) is 0 Å². The van der Waals surface area contributed by atoms with Gasteiger partial charge in [0.1, 0.15) is 0 Å². The standard InChI is InChI=1S/C12H13N3O/c13-12(16)15-14-11-7-6-10(8-11)9-4-2-1-3-5-9/h1-5,8H,6-7H2,(H3,13,15,16)/b14-11+. The van der Waals surface area contributed by atoms with E-state index in [1.807, 2.05) is 24.3 Å². The van der Waals surface area contributed by atoms with Crippen molar-refractivity contribution in [2.45, 2.75) is 12.8 Å². The molecule has 16 heavy (non-hydrogen) atoms. The summed E-state index contributed by atoms with van der Waals surface area (Å²) in [6, 6.07) is 9.50. The van der Waals surface area contributed by atoms with E-state index in [0.717, 1.165) is 18.6 Å². The molecule has 4 nitrogen and oxygen atoms in total. The van der Waals surface area contributed by atoms with E-state index in [1.54, 1.807) is 0 Å². The number of hydrazone groups is 1. The molecular weight excluding hydrogens is 202 g/mol. The van der Waals surface area contributed by atoms with Gasteiger partial charge in [-0.2, -0.15) is 5.10 Å². The summed E-state index contributed by atoms with van der Waals surface area (Å²) >= 11 is 0. The number of primary amides is 1. The first-order chi connectivity index (χ1) is 7.75. The number of nitrogens with zero attached hydrogens (tertiary/aromatic N) is 1. The third-order valence-corrected chi connectivity index (χ3v) is 2.45. The summed E-state index contributed by atoms with van der Waals surface area (Å²) in [5, 5.41) is 3.91. The lowest BCUT2D eigenvalue weighted by molar-refractivity contribution is 0.249. The molecule has 1 aliphatic rings. The van der Waals surface area contributed by atoms with Crippen LogP contribution in [0.5, 0.6) is 0 Å². The smallest absolute Gasteiger partial charge is 0.332 e. The molecule has 0 saturated carbocycles. The summed E-state index contributed by atoms with van der Waals surface area (Å²) in [6.07, 6.45) is 3.78. The van der Waals surface area contributed by atoms with Crippen molar-refractivity contribution < 1.29 is 4.79 Å². The maximum absolute atomic E-state index is 10.5. The van der Waals surface area contributed by atoms with E-state index >= 15 is 0 Å². The minimum Gasteiger partial charge on any atom is -0.350 e. The second-order valence-corrected chi connectivity index (χ2v) is 3.61. The molecular formula is C12H13N3O. The van der Waals surface area contributed by atoms with Crippen LogP contribution in [-0.4, -0.2) is 11.7 Å². The average molecular weight is 215 g/mol. The minimum absolute atomic E-state index is 0.630. The van der Waals surface area contributed by atoms with E-state index in [4.69, 9.17) is 5.73 Å². The number of benzene rings is 1. The van der Waals surface area contributed by atoms with Crippen LogP contribution in [-0.2, 0) is 0 Å². The van der Waals surface area contributed by atoms with Crippen LogP contribution in [0.1, 0.15) is 18.4 Å². The minimum atomic E-state index is -0.630. The van der Waals surface area contributed by atoms with Crippen molar-refractivity contribution in [1.82, 2.24) is 5.43 Å². The van der Waals surface area contributed by atoms with Gasteiger partial charge >= 0.3 is 6.03 Å². The predicted octanol–water partition coefficient (Wildman–Crippen LogP) is 1.89. The van der Waals surface area contributed by atoms with Crippen LogP contribution in [0.25, 0.3) is 5.57 Å². The van der Waals surface area contributed by atoms with Gasteiger partial charge < -0.3 is 5.73 Å². The first kappa shape index (κ1) is 10.4. The van der Waals surface area contributed by atoms with E-state index in [9.17, 15) is 4.79 Å². The fourth-order valence-corrected chi connectivity index (χ4v) is 1.70. The van der Waals surface area contributed by atoms with Crippen LogP contribution >= 0.6 is 0 Å². The van der Waals surface area contributed by atoms with Crippen LogP contribution in [0, 0.1) is 0 Å². The van der Waals surface area contributed by atoms with Crippen LogP contribution in [0.3, 0.4) is 0 Å². The summed E-state index contributed by atoms with van der Waals surface area (Å²) in [5.41, 5.74) is 10.5. The van der Waals surface area contributed by atoms with Crippen molar-refractivity contribution in [3.8, 4) is 0 Å². The van der Waals surface area contributed by atoms with E-state index in [1.165, 1.54) is 11.1 Å². The van der Waals surface area contributed by atoms with Crippen LogP contribution in [0.2, 0.25) is 0 Å².